The van der Waals surface area contributed by atoms with Crippen LogP contribution in [0.1, 0.15) is 24.8 Å². The minimum absolute atomic E-state index is 0.609. The van der Waals surface area contributed by atoms with Gasteiger partial charge in [0.05, 0.1) is 11.9 Å². The summed E-state index contributed by atoms with van der Waals surface area (Å²) in [7, 11) is 1.93. The van der Waals surface area contributed by atoms with E-state index in [1.807, 2.05) is 37.0 Å². The predicted octanol–water partition coefficient (Wildman–Crippen LogP) is 1.99. The molecule has 3 heterocycles. The van der Waals surface area contributed by atoms with Gasteiger partial charge in [0, 0.05) is 13.6 Å². The summed E-state index contributed by atoms with van der Waals surface area (Å²) in [5, 5.41) is 19.9. The number of rotatable bonds is 4. The summed E-state index contributed by atoms with van der Waals surface area (Å²) in [5.41, 5.74) is 3.62. The molecular formula is C17H24N6. The third-order valence-corrected chi connectivity index (χ3v) is 5.52. The van der Waals surface area contributed by atoms with Crippen LogP contribution in [0.2, 0.25) is 0 Å². The molecule has 2 N–H and O–H groups in total. The van der Waals surface area contributed by atoms with Crippen molar-refractivity contribution in [1.82, 2.24) is 25.3 Å². The number of piperidine rings is 1. The number of hydrogen-bond acceptors (Lipinski definition) is 5. The summed E-state index contributed by atoms with van der Waals surface area (Å²) in [6, 6.07) is 4.04. The van der Waals surface area contributed by atoms with Gasteiger partial charge in [0.25, 0.3) is 0 Å². The number of nitrogens with zero attached hydrogens (tertiary/aromatic N) is 4. The lowest BCUT2D eigenvalue weighted by molar-refractivity contribution is 0.326. The molecular weight excluding hydrogens is 288 g/mol. The molecule has 2 aromatic heterocycles. The van der Waals surface area contributed by atoms with Crippen molar-refractivity contribution in [2.45, 2.75) is 26.2 Å². The Kier molecular flexibility index (Phi) is 3.56. The van der Waals surface area contributed by atoms with Crippen LogP contribution in [-0.4, -0.2) is 39.6 Å². The highest BCUT2D eigenvalue weighted by molar-refractivity contribution is 5.59. The van der Waals surface area contributed by atoms with Gasteiger partial charge < -0.3 is 10.6 Å². The highest BCUT2D eigenvalue weighted by Crippen LogP contribution is 2.58. The Morgan fingerprint density at radius 3 is 2.78 bits per heavy atom. The molecule has 1 aliphatic heterocycles. The van der Waals surface area contributed by atoms with Gasteiger partial charge in [-0.3, -0.25) is 4.68 Å². The summed E-state index contributed by atoms with van der Waals surface area (Å²) >= 11 is 0. The van der Waals surface area contributed by atoms with Gasteiger partial charge in [-0.2, -0.15) is 5.10 Å². The largest absolute Gasteiger partial charge is 0.368 e. The van der Waals surface area contributed by atoms with Crippen molar-refractivity contribution in [2.75, 3.05) is 25.0 Å². The van der Waals surface area contributed by atoms with Gasteiger partial charge in [-0.05, 0) is 68.3 Å². The minimum Gasteiger partial charge on any atom is -0.368 e. The molecule has 1 saturated heterocycles. The fourth-order valence-electron chi connectivity index (χ4n) is 3.95. The Morgan fingerprint density at radius 1 is 1.30 bits per heavy atom. The molecule has 1 atom stereocenters. The van der Waals surface area contributed by atoms with E-state index in [9.17, 15) is 0 Å². The third kappa shape index (κ3) is 2.72. The lowest BCUT2D eigenvalue weighted by Gasteiger charge is -2.23. The summed E-state index contributed by atoms with van der Waals surface area (Å²) in [4.78, 5) is 0. The Labute approximate surface area is 136 Å². The van der Waals surface area contributed by atoms with E-state index in [0.29, 0.717) is 5.41 Å². The molecule has 1 unspecified atom stereocenters. The van der Waals surface area contributed by atoms with E-state index in [1.54, 1.807) is 0 Å². The molecule has 122 valence electrons. The van der Waals surface area contributed by atoms with Crippen molar-refractivity contribution in [1.29, 1.82) is 0 Å². The molecule has 1 spiro atoms. The van der Waals surface area contributed by atoms with Crippen LogP contribution in [0.4, 0.5) is 5.82 Å². The average molecular weight is 312 g/mol. The predicted molar refractivity (Wildman–Crippen MR) is 90.1 cm³/mol. The van der Waals surface area contributed by atoms with Gasteiger partial charge in [-0.1, -0.05) is 0 Å². The maximum absolute atomic E-state index is 4.36. The van der Waals surface area contributed by atoms with Gasteiger partial charge >= 0.3 is 0 Å². The minimum atomic E-state index is 0.609. The third-order valence-electron chi connectivity index (χ3n) is 5.52. The van der Waals surface area contributed by atoms with Crippen molar-refractivity contribution in [3.63, 3.8) is 0 Å². The van der Waals surface area contributed by atoms with Crippen LogP contribution in [-0.2, 0) is 7.05 Å². The fraction of sp³-hybridized carbons (Fsp3) is 0.588. The molecule has 6 heteroatoms. The number of nitrogens with one attached hydrogen (secondary N) is 2. The lowest BCUT2D eigenvalue weighted by atomic mass is 9.92. The zero-order valence-electron chi connectivity index (χ0n) is 13.8. The van der Waals surface area contributed by atoms with Crippen LogP contribution in [0.15, 0.2) is 18.3 Å². The van der Waals surface area contributed by atoms with Crippen molar-refractivity contribution in [3.8, 4) is 11.4 Å². The van der Waals surface area contributed by atoms with E-state index in [4.69, 9.17) is 0 Å². The van der Waals surface area contributed by atoms with Gasteiger partial charge in [-0.15, -0.1) is 10.2 Å². The number of hydrogen-bond donors (Lipinski definition) is 2. The normalized spacial score (nSPS) is 22.3. The second-order valence-corrected chi connectivity index (χ2v) is 7.00. The number of aryl methyl sites for hydroxylation is 2. The van der Waals surface area contributed by atoms with Crippen LogP contribution in [0.5, 0.6) is 0 Å². The van der Waals surface area contributed by atoms with E-state index in [0.717, 1.165) is 35.2 Å². The standard InChI is InChI=1S/C17H24N6/c1-12-10-20-23(2)16(12)14-3-4-15(22-21-14)19-11-13-9-17(13)5-7-18-8-6-17/h3-4,10,13,18H,5-9,11H2,1-2H3,(H,19,22). The molecule has 1 aliphatic carbocycles. The zero-order valence-corrected chi connectivity index (χ0v) is 13.8. The first-order chi connectivity index (χ1) is 11.2. The Morgan fingerprint density at radius 2 is 2.13 bits per heavy atom. The zero-order chi connectivity index (χ0) is 15.9. The van der Waals surface area contributed by atoms with Crippen molar-refractivity contribution >= 4 is 5.82 Å². The fourth-order valence-corrected chi connectivity index (χ4v) is 3.95. The van der Waals surface area contributed by atoms with Crippen LogP contribution < -0.4 is 10.6 Å². The Balaban J connectivity index is 1.38. The monoisotopic (exact) mass is 312 g/mol. The van der Waals surface area contributed by atoms with Crippen LogP contribution in [0.25, 0.3) is 11.4 Å². The van der Waals surface area contributed by atoms with Gasteiger partial charge in [0.1, 0.15) is 11.5 Å². The van der Waals surface area contributed by atoms with E-state index < -0.39 is 0 Å². The molecule has 1 saturated carbocycles. The molecule has 2 fully saturated rings. The van der Waals surface area contributed by atoms with Crippen molar-refractivity contribution < 1.29 is 0 Å². The summed E-state index contributed by atoms with van der Waals surface area (Å²) < 4.78 is 1.84. The number of aromatic nitrogens is 4. The van der Waals surface area contributed by atoms with E-state index in [2.05, 4.69) is 25.9 Å². The molecule has 23 heavy (non-hydrogen) atoms. The van der Waals surface area contributed by atoms with Crippen LogP contribution in [0.3, 0.4) is 0 Å². The molecule has 0 aromatic carbocycles. The SMILES string of the molecule is Cc1cnn(C)c1-c1ccc(NCC2CC23CCNCC3)nn1. The van der Waals surface area contributed by atoms with Crippen molar-refractivity contribution in [3.05, 3.63) is 23.9 Å². The summed E-state index contributed by atoms with van der Waals surface area (Å²) in [5.74, 6) is 1.66. The van der Waals surface area contributed by atoms with Crippen molar-refractivity contribution in [2.24, 2.45) is 18.4 Å². The van der Waals surface area contributed by atoms with Gasteiger partial charge in [0.15, 0.2) is 0 Å². The van der Waals surface area contributed by atoms with Crippen LogP contribution >= 0.6 is 0 Å². The molecule has 4 rings (SSSR count). The van der Waals surface area contributed by atoms with E-state index in [1.165, 1.54) is 32.4 Å². The average Bonchev–Trinajstić information content (AvgIpc) is 3.12. The van der Waals surface area contributed by atoms with E-state index in [-0.39, 0.29) is 0 Å². The van der Waals surface area contributed by atoms with Crippen LogP contribution in [0, 0.1) is 18.3 Å². The summed E-state index contributed by atoms with van der Waals surface area (Å²) in [6.45, 7) is 5.41. The second kappa shape index (κ2) is 5.60. The number of anilines is 1. The smallest absolute Gasteiger partial charge is 0.148 e. The topological polar surface area (TPSA) is 67.7 Å². The maximum atomic E-state index is 4.36. The molecule has 0 bridgehead atoms. The second-order valence-electron chi connectivity index (χ2n) is 7.00. The van der Waals surface area contributed by atoms with Gasteiger partial charge in [0.2, 0.25) is 0 Å². The first-order valence-electron chi connectivity index (χ1n) is 8.45. The van der Waals surface area contributed by atoms with E-state index >= 15 is 0 Å². The first kappa shape index (κ1) is 14.6. The summed E-state index contributed by atoms with van der Waals surface area (Å²) in [6.07, 6.45) is 5.86. The molecule has 0 amide bonds. The first-order valence-corrected chi connectivity index (χ1v) is 8.45. The molecule has 0 radical (unpaired) electrons. The maximum Gasteiger partial charge on any atom is 0.148 e. The molecule has 2 aliphatic rings. The molecule has 6 nitrogen and oxygen atoms in total. The van der Waals surface area contributed by atoms with Gasteiger partial charge in [-0.25, -0.2) is 0 Å². The quantitative estimate of drug-likeness (QED) is 0.903. The Bertz CT molecular complexity index is 664. The molecule has 2 aromatic rings. The Hall–Kier alpha value is -1.95. The highest BCUT2D eigenvalue weighted by atomic mass is 15.3. The highest BCUT2D eigenvalue weighted by Gasteiger charge is 2.53. The lowest BCUT2D eigenvalue weighted by Crippen LogP contribution is -2.30.